The Balaban J connectivity index is 1.42. The maximum Gasteiger partial charge on any atom is 0.255 e. The summed E-state index contributed by atoms with van der Waals surface area (Å²) < 4.78 is 25.1. The lowest BCUT2D eigenvalue weighted by atomic mass is 9.95. The smallest absolute Gasteiger partial charge is 0.255 e. The molecule has 2 amide bonds. The van der Waals surface area contributed by atoms with E-state index in [4.69, 9.17) is 14.9 Å². The van der Waals surface area contributed by atoms with Gasteiger partial charge in [-0.15, -0.1) is 0 Å². The second-order valence-electron chi connectivity index (χ2n) is 10.4. The summed E-state index contributed by atoms with van der Waals surface area (Å²) in [7, 11) is 0. The molecule has 1 saturated carbocycles. The van der Waals surface area contributed by atoms with Crippen LogP contribution in [0.1, 0.15) is 44.8 Å². The number of primary amides is 1. The Labute approximate surface area is 240 Å². The highest BCUT2D eigenvalue weighted by atomic mass is 19.1. The normalized spacial score (nSPS) is 13.5. The van der Waals surface area contributed by atoms with Gasteiger partial charge < -0.3 is 20.2 Å². The molecule has 3 N–H and O–H groups in total. The number of rotatable bonds is 9. The van der Waals surface area contributed by atoms with Crippen LogP contribution in [-0.4, -0.2) is 29.7 Å². The van der Waals surface area contributed by atoms with Crippen LogP contribution in [0, 0.1) is 12.7 Å². The Kier molecular flexibility index (Phi) is 6.78. The van der Waals surface area contributed by atoms with Crippen LogP contribution in [0.5, 0.6) is 5.75 Å². The van der Waals surface area contributed by atoms with Crippen LogP contribution >= 0.6 is 0 Å². The van der Waals surface area contributed by atoms with E-state index in [0.717, 1.165) is 35.2 Å². The molecule has 8 nitrogen and oxygen atoms in total. The summed E-state index contributed by atoms with van der Waals surface area (Å²) in [6.45, 7) is 1.47. The Morgan fingerprint density at radius 2 is 1.83 bits per heavy atom. The van der Waals surface area contributed by atoms with Gasteiger partial charge in [0.1, 0.15) is 22.9 Å². The Morgan fingerprint density at radius 3 is 2.50 bits per heavy atom. The van der Waals surface area contributed by atoms with Crippen LogP contribution in [0.3, 0.4) is 0 Å². The van der Waals surface area contributed by atoms with Crippen molar-refractivity contribution in [2.45, 2.75) is 25.3 Å². The first kappa shape index (κ1) is 26.9. The number of fused-ring (bicyclic) bond motifs is 1. The lowest BCUT2D eigenvalue weighted by Crippen LogP contribution is -2.36. The summed E-state index contributed by atoms with van der Waals surface area (Å²) in [5.74, 6) is -0.875. The topological polar surface area (TPSA) is 125 Å². The molecule has 42 heavy (non-hydrogen) atoms. The molecule has 9 heteroatoms. The molecular weight excluding hydrogens is 537 g/mol. The number of hydrogen-bond donors (Lipinski definition) is 2. The van der Waals surface area contributed by atoms with Gasteiger partial charge in [-0.25, -0.2) is 4.39 Å². The van der Waals surface area contributed by atoms with Gasteiger partial charge in [0, 0.05) is 17.1 Å². The minimum absolute atomic E-state index is 0.223. The zero-order valence-electron chi connectivity index (χ0n) is 22.6. The fourth-order valence-corrected chi connectivity index (χ4v) is 5.16. The number of aromatic nitrogens is 1. The van der Waals surface area contributed by atoms with E-state index in [1.807, 2.05) is 37.3 Å². The molecule has 1 aliphatic rings. The molecule has 5 aromatic rings. The molecule has 6 rings (SSSR count). The molecular formula is C33H26FN3O5. The average Bonchev–Trinajstić information content (AvgIpc) is 3.68. The number of carbonyl (C=O) groups is 3. The number of pyridine rings is 1. The van der Waals surface area contributed by atoms with Crippen molar-refractivity contribution in [1.29, 1.82) is 0 Å². The van der Waals surface area contributed by atoms with E-state index in [0.29, 0.717) is 34.1 Å². The number of aryl methyl sites for hydroxylation is 1. The summed E-state index contributed by atoms with van der Waals surface area (Å²) in [6, 6.07) is 20.1. The first-order chi connectivity index (χ1) is 20.3. The summed E-state index contributed by atoms with van der Waals surface area (Å²) in [5.41, 5.74) is 9.36. The van der Waals surface area contributed by atoms with Crippen molar-refractivity contribution in [3.05, 3.63) is 107 Å². The minimum atomic E-state index is -0.668. The zero-order valence-corrected chi connectivity index (χ0v) is 22.6. The van der Waals surface area contributed by atoms with Crippen LogP contribution in [0.4, 0.5) is 4.39 Å². The number of ether oxygens (including phenoxy) is 1. The average molecular weight is 564 g/mol. The molecule has 3 aromatic carbocycles. The number of halogens is 1. The number of nitrogens with one attached hydrogen (secondary N) is 1. The molecule has 0 saturated heterocycles. The van der Waals surface area contributed by atoms with Crippen LogP contribution < -0.4 is 15.8 Å². The van der Waals surface area contributed by atoms with E-state index in [1.54, 1.807) is 36.5 Å². The number of nitrogens with two attached hydrogens (primary N) is 1. The number of carbonyl (C=O) groups excluding carboxylic acids is 3. The monoisotopic (exact) mass is 563 g/mol. The van der Waals surface area contributed by atoms with Gasteiger partial charge in [-0.05, 0) is 97.1 Å². The molecule has 2 heterocycles. The van der Waals surface area contributed by atoms with Crippen LogP contribution in [0.15, 0.2) is 83.4 Å². The van der Waals surface area contributed by atoms with E-state index in [1.165, 1.54) is 12.1 Å². The third-order valence-electron chi connectivity index (χ3n) is 7.46. The summed E-state index contributed by atoms with van der Waals surface area (Å²) in [6.07, 6.45) is 3.89. The van der Waals surface area contributed by atoms with Gasteiger partial charge in [0.25, 0.3) is 11.8 Å². The van der Waals surface area contributed by atoms with Gasteiger partial charge in [-0.1, -0.05) is 12.1 Å². The highest BCUT2D eigenvalue weighted by molar-refractivity contribution is 6.04. The second kappa shape index (κ2) is 10.6. The number of benzene rings is 3. The van der Waals surface area contributed by atoms with Gasteiger partial charge in [-0.2, -0.15) is 0 Å². The lowest BCUT2D eigenvalue weighted by Gasteiger charge is -2.20. The van der Waals surface area contributed by atoms with Crippen molar-refractivity contribution in [3.63, 3.8) is 0 Å². The van der Waals surface area contributed by atoms with Crippen molar-refractivity contribution >= 4 is 29.1 Å². The molecule has 1 fully saturated rings. The minimum Gasteiger partial charge on any atom is -0.483 e. The van der Waals surface area contributed by atoms with E-state index in [-0.39, 0.29) is 23.8 Å². The largest absolute Gasteiger partial charge is 0.483 e. The number of aldehydes is 1. The standard InChI is InChI=1S/C33H26FN3O5/c1-19-14-28(41-18-30(35)39)25(32(40)37-33(11-12-33)29-4-2-3-13-36-29)16-23(19)21-7-10-27-24(15-21)26(17-38)31(42-27)20-5-8-22(34)9-6-20/h2-10,13-17H,11-12,18H2,1H3,(H2,35,39)(H,37,40). The van der Waals surface area contributed by atoms with Gasteiger partial charge in [0.2, 0.25) is 0 Å². The Bertz CT molecular complexity index is 1840. The van der Waals surface area contributed by atoms with Crippen LogP contribution in [0.2, 0.25) is 0 Å². The van der Waals surface area contributed by atoms with Gasteiger partial charge in [-0.3, -0.25) is 19.4 Å². The second-order valence-corrected chi connectivity index (χ2v) is 10.4. The fourth-order valence-electron chi connectivity index (χ4n) is 5.16. The maximum absolute atomic E-state index is 13.7. The number of furan rings is 1. The SMILES string of the molecule is Cc1cc(OCC(N)=O)c(C(=O)NC2(c3ccccn3)CC2)cc1-c1ccc2oc(-c3ccc(F)cc3)c(C=O)c2c1. The van der Waals surface area contributed by atoms with Crippen molar-refractivity contribution < 1.29 is 27.9 Å². The number of nitrogens with zero attached hydrogens (tertiary/aromatic N) is 1. The van der Waals surface area contributed by atoms with E-state index in [9.17, 15) is 18.8 Å². The predicted molar refractivity (Wildman–Crippen MR) is 154 cm³/mol. The molecule has 0 spiro atoms. The Hall–Kier alpha value is -5.31. The summed E-state index contributed by atoms with van der Waals surface area (Å²) in [5, 5.41) is 3.69. The number of amides is 2. The van der Waals surface area contributed by atoms with Gasteiger partial charge in [0.15, 0.2) is 12.9 Å². The summed E-state index contributed by atoms with van der Waals surface area (Å²) >= 11 is 0. The molecule has 1 aliphatic carbocycles. The van der Waals surface area contributed by atoms with E-state index >= 15 is 0 Å². The van der Waals surface area contributed by atoms with E-state index in [2.05, 4.69) is 10.3 Å². The van der Waals surface area contributed by atoms with E-state index < -0.39 is 17.3 Å². The molecule has 0 bridgehead atoms. The molecule has 2 aromatic heterocycles. The highest BCUT2D eigenvalue weighted by Gasteiger charge is 2.47. The summed E-state index contributed by atoms with van der Waals surface area (Å²) in [4.78, 5) is 41.8. The lowest BCUT2D eigenvalue weighted by molar-refractivity contribution is -0.119. The van der Waals surface area contributed by atoms with Crippen molar-refractivity contribution in [1.82, 2.24) is 10.3 Å². The van der Waals surface area contributed by atoms with Crippen LogP contribution in [-0.2, 0) is 10.3 Å². The fraction of sp³-hybridized carbons (Fsp3) is 0.152. The van der Waals surface area contributed by atoms with Crippen LogP contribution in [0.25, 0.3) is 33.4 Å². The highest BCUT2D eigenvalue weighted by Crippen LogP contribution is 2.45. The van der Waals surface area contributed by atoms with Crippen molar-refractivity contribution in [2.75, 3.05) is 6.61 Å². The quantitative estimate of drug-likeness (QED) is 0.222. The van der Waals surface area contributed by atoms with Crippen molar-refractivity contribution in [3.8, 4) is 28.2 Å². The third-order valence-corrected chi connectivity index (χ3v) is 7.46. The van der Waals surface area contributed by atoms with Gasteiger partial charge >= 0.3 is 0 Å². The molecule has 0 atom stereocenters. The third kappa shape index (κ3) is 5.01. The number of hydrogen-bond acceptors (Lipinski definition) is 6. The zero-order chi connectivity index (χ0) is 29.4. The molecule has 0 aliphatic heterocycles. The first-order valence-electron chi connectivity index (χ1n) is 13.4. The predicted octanol–water partition coefficient (Wildman–Crippen LogP) is 5.71. The van der Waals surface area contributed by atoms with Crippen molar-refractivity contribution in [2.24, 2.45) is 5.73 Å². The maximum atomic E-state index is 13.7. The first-order valence-corrected chi connectivity index (χ1v) is 13.4. The Morgan fingerprint density at radius 1 is 1.07 bits per heavy atom. The molecule has 210 valence electrons. The molecule has 0 unspecified atom stereocenters. The van der Waals surface area contributed by atoms with Gasteiger partial charge in [0.05, 0.1) is 22.4 Å². The molecule has 0 radical (unpaired) electrons.